The first-order valence-electron chi connectivity index (χ1n) is 9.35. The summed E-state index contributed by atoms with van der Waals surface area (Å²) < 4.78 is 0. The van der Waals surface area contributed by atoms with Gasteiger partial charge in [0.05, 0.1) is 11.8 Å². The van der Waals surface area contributed by atoms with Crippen LogP contribution >= 0.6 is 11.3 Å². The molecule has 1 heterocycles. The highest BCUT2D eigenvalue weighted by Gasteiger charge is 2.32. The lowest BCUT2D eigenvalue weighted by Crippen LogP contribution is -2.33. The lowest BCUT2D eigenvalue weighted by molar-refractivity contribution is 0.102. The molecule has 5 nitrogen and oxygen atoms in total. The normalized spacial score (nSPS) is 13.1. The van der Waals surface area contributed by atoms with Crippen LogP contribution in [0.5, 0.6) is 0 Å². The molecule has 1 atom stereocenters. The quantitative estimate of drug-likeness (QED) is 0.381. The van der Waals surface area contributed by atoms with E-state index in [9.17, 15) is 9.90 Å². The first-order valence-corrected chi connectivity index (χ1v) is 10.2. The van der Waals surface area contributed by atoms with Crippen LogP contribution in [0.3, 0.4) is 0 Å². The van der Waals surface area contributed by atoms with Crippen molar-refractivity contribution in [2.45, 2.75) is 51.0 Å². The molecule has 1 aromatic heterocycles. The zero-order valence-corrected chi connectivity index (χ0v) is 17.9. The predicted molar refractivity (Wildman–Crippen MR) is 117 cm³/mol. The second-order valence-electron chi connectivity index (χ2n) is 7.33. The van der Waals surface area contributed by atoms with Crippen molar-refractivity contribution in [1.29, 1.82) is 0 Å². The van der Waals surface area contributed by atoms with Gasteiger partial charge in [-0.3, -0.25) is 0 Å². The summed E-state index contributed by atoms with van der Waals surface area (Å²) in [6.45, 7) is 12.0. The van der Waals surface area contributed by atoms with Gasteiger partial charge in [-0.2, -0.15) is 0 Å². The Labute approximate surface area is 172 Å². The van der Waals surface area contributed by atoms with Gasteiger partial charge in [-0.05, 0) is 19.3 Å². The monoisotopic (exact) mass is 404 g/mol. The zero-order valence-electron chi connectivity index (χ0n) is 17.1. The van der Waals surface area contributed by atoms with Crippen LogP contribution in [-0.4, -0.2) is 45.9 Å². The van der Waals surface area contributed by atoms with Gasteiger partial charge in [0, 0.05) is 30.8 Å². The Morgan fingerprint density at radius 3 is 2.75 bits per heavy atom. The number of carboxylic acid groups (broad SMARTS) is 1. The van der Waals surface area contributed by atoms with E-state index in [4.69, 9.17) is 5.11 Å². The van der Waals surface area contributed by atoms with Crippen molar-refractivity contribution in [3.8, 4) is 0 Å². The highest BCUT2D eigenvalue weighted by Crippen LogP contribution is 2.31. The second-order valence-corrected chi connectivity index (χ2v) is 8.19. The van der Waals surface area contributed by atoms with Gasteiger partial charge >= 0.3 is 6.09 Å². The molecular weight excluding hydrogens is 372 g/mol. The Kier molecular flexibility index (Phi) is 9.90. The highest BCUT2D eigenvalue weighted by atomic mass is 32.1. The van der Waals surface area contributed by atoms with Crippen LogP contribution in [0.4, 0.5) is 4.79 Å². The molecule has 154 valence electrons. The molecule has 0 aliphatic rings. The fourth-order valence-electron chi connectivity index (χ4n) is 2.38. The first kappa shape index (κ1) is 23.9. The standard InChI is InChI=1S/C22H32N2O3S/c1-6-7-8-9-12-18-16-28-20(23-18)22(3,4)19(25)13-10-11-17(2)14-15-24(5)21(26)27/h6,8-11,16,19,25H,1-2,7,12-15H2,3-5H3,(H,26,27). The summed E-state index contributed by atoms with van der Waals surface area (Å²) in [5.74, 6) is 0. The average Bonchev–Trinajstić information content (AvgIpc) is 3.12. The van der Waals surface area contributed by atoms with E-state index in [2.05, 4.69) is 30.3 Å². The van der Waals surface area contributed by atoms with E-state index in [1.807, 2.05) is 37.5 Å². The summed E-state index contributed by atoms with van der Waals surface area (Å²) in [5, 5.41) is 22.5. The van der Waals surface area contributed by atoms with Gasteiger partial charge in [-0.25, -0.2) is 9.78 Å². The fourth-order valence-corrected chi connectivity index (χ4v) is 3.39. The molecular formula is C22H32N2O3S. The lowest BCUT2D eigenvalue weighted by Gasteiger charge is -2.27. The van der Waals surface area contributed by atoms with Crippen LogP contribution in [0.2, 0.25) is 0 Å². The van der Waals surface area contributed by atoms with E-state index in [1.165, 1.54) is 11.9 Å². The van der Waals surface area contributed by atoms with Crippen molar-refractivity contribution in [3.05, 3.63) is 65.2 Å². The number of hydrogen-bond acceptors (Lipinski definition) is 4. The summed E-state index contributed by atoms with van der Waals surface area (Å²) >= 11 is 1.57. The Morgan fingerprint density at radius 2 is 2.11 bits per heavy atom. The van der Waals surface area contributed by atoms with Gasteiger partial charge in [0.2, 0.25) is 0 Å². The number of carbonyl (C=O) groups is 1. The maximum absolute atomic E-state index is 10.8. The first-order chi connectivity index (χ1) is 13.2. The van der Waals surface area contributed by atoms with Crippen molar-refractivity contribution in [1.82, 2.24) is 9.88 Å². The number of aliphatic hydroxyl groups excluding tert-OH is 1. The molecule has 0 aliphatic carbocycles. The van der Waals surface area contributed by atoms with Crippen molar-refractivity contribution in [2.24, 2.45) is 0 Å². The molecule has 1 aromatic rings. The minimum absolute atomic E-state index is 0.399. The number of amides is 1. The van der Waals surface area contributed by atoms with E-state index >= 15 is 0 Å². The van der Waals surface area contributed by atoms with E-state index in [1.54, 1.807) is 11.3 Å². The van der Waals surface area contributed by atoms with Crippen molar-refractivity contribution >= 4 is 17.4 Å². The molecule has 1 unspecified atom stereocenters. The Morgan fingerprint density at radius 1 is 1.39 bits per heavy atom. The molecule has 1 rings (SSSR count). The van der Waals surface area contributed by atoms with Crippen molar-refractivity contribution in [3.63, 3.8) is 0 Å². The Hall–Kier alpha value is -2.18. The third-order valence-corrected chi connectivity index (χ3v) is 5.77. The van der Waals surface area contributed by atoms with Gasteiger partial charge < -0.3 is 15.1 Å². The maximum Gasteiger partial charge on any atom is 0.407 e. The van der Waals surface area contributed by atoms with Crippen LogP contribution in [0, 0.1) is 0 Å². The fraction of sp³-hybridized carbons (Fsp3) is 0.455. The number of nitrogens with zero attached hydrogens (tertiary/aromatic N) is 2. The summed E-state index contributed by atoms with van der Waals surface area (Å²) in [6, 6.07) is 0. The number of allylic oxidation sites excluding steroid dienone is 4. The SMILES string of the molecule is C=CCC=CCc1csc(C(C)(C)C(O)CC=CC(=C)CCN(C)C(=O)O)n1. The number of aromatic nitrogens is 1. The second kappa shape index (κ2) is 11.6. The minimum Gasteiger partial charge on any atom is -0.465 e. The van der Waals surface area contributed by atoms with E-state index < -0.39 is 17.6 Å². The molecule has 0 bridgehead atoms. The van der Waals surface area contributed by atoms with Gasteiger partial charge in [0.15, 0.2) is 0 Å². The Balaban J connectivity index is 2.56. The summed E-state index contributed by atoms with van der Waals surface area (Å²) in [7, 11) is 1.53. The van der Waals surface area contributed by atoms with Gasteiger partial charge in [0.1, 0.15) is 5.01 Å². The predicted octanol–water partition coefficient (Wildman–Crippen LogP) is 4.96. The molecule has 0 saturated carbocycles. The van der Waals surface area contributed by atoms with Crippen LogP contribution in [0.15, 0.2) is 54.5 Å². The van der Waals surface area contributed by atoms with E-state index in [0.717, 1.165) is 29.1 Å². The topological polar surface area (TPSA) is 73.7 Å². The zero-order chi connectivity index (χ0) is 21.2. The molecule has 0 aliphatic heterocycles. The summed E-state index contributed by atoms with van der Waals surface area (Å²) in [4.78, 5) is 16.7. The van der Waals surface area contributed by atoms with Crippen LogP contribution < -0.4 is 0 Å². The smallest absolute Gasteiger partial charge is 0.407 e. The largest absolute Gasteiger partial charge is 0.465 e. The molecule has 0 spiro atoms. The van der Waals surface area contributed by atoms with Gasteiger partial charge in [0.25, 0.3) is 0 Å². The van der Waals surface area contributed by atoms with E-state index in [0.29, 0.717) is 19.4 Å². The molecule has 0 saturated heterocycles. The Bertz CT molecular complexity index is 719. The van der Waals surface area contributed by atoms with Gasteiger partial charge in [-0.1, -0.05) is 56.4 Å². The number of aliphatic hydroxyl groups is 1. The van der Waals surface area contributed by atoms with E-state index in [-0.39, 0.29) is 0 Å². The van der Waals surface area contributed by atoms with Crippen LogP contribution in [0.1, 0.15) is 43.8 Å². The molecule has 28 heavy (non-hydrogen) atoms. The van der Waals surface area contributed by atoms with Crippen molar-refractivity contribution < 1.29 is 15.0 Å². The molecule has 0 radical (unpaired) electrons. The third-order valence-electron chi connectivity index (χ3n) is 4.54. The maximum atomic E-state index is 10.8. The number of thiazole rings is 1. The highest BCUT2D eigenvalue weighted by molar-refractivity contribution is 7.09. The summed E-state index contributed by atoms with van der Waals surface area (Å²) in [6.07, 6.45) is 10.9. The average molecular weight is 405 g/mol. The number of hydrogen-bond donors (Lipinski definition) is 2. The molecule has 6 heteroatoms. The third kappa shape index (κ3) is 7.82. The molecule has 0 fully saturated rings. The van der Waals surface area contributed by atoms with Crippen LogP contribution in [-0.2, 0) is 11.8 Å². The van der Waals surface area contributed by atoms with Gasteiger partial charge in [-0.15, -0.1) is 17.9 Å². The van der Waals surface area contributed by atoms with Crippen LogP contribution in [0.25, 0.3) is 0 Å². The summed E-state index contributed by atoms with van der Waals surface area (Å²) in [5.41, 5.74) is 1.39. The molecule has 0 aromatic carbocycles. The lowest BCUT2D eigenvalue weighted by atomic mass is 9.85. The minimum atomic E-state index is -0.951. The molecule has 2 N–H and O–H groups in total. The van der Waals surface area contributed by atoms with Crippen molar-refractivity contribution in [2.75, 3.05) is 13.6 Å². The molecule has 1 amide bonds. The number of rotatable bonds is 12.